The topological polar surface area (TPSA) is 81.9 Å². The number of carbonyl (C=O) groups excluding carboxylic acids is 1. The minimum Gasteiger partial charge on any atom is -0.383 e. The van der Waals surface area contributed by atoms with Gasteiger partial charge in [0.05, 0.1) is 18.9 Å². The van der Waals surface area contributed by atoms with Crippen molar-refractivity contribution in [3.63, 3.8) is 0 Å². The molecule has 8 heteroatoms. The van der Waals surface area contributed by atoms with Crippen molar-refractivity contribution in [2.24, 2.45) is 0 Å². The Kier molecular flexibility index (Phi) is 6.78. The molecule has 1 amide bonds. The molecule has 1 aromatic carbocycles. The first kappa shape index (κ1) is 20.0. The molecular formula is C20H23N5O2S. The van der Waals surface area contributed by atoms with Gasteiger partial charge < -0.3 is 10.1 Å². The molecule has 0 atom stereocenters. The van der Waals surface area contributed by atoms with Gasteiger partial charge in [-0.1, -0.05) is 23.9 Å². The molecule has 0 unspecified atom stereocenters. The highest BCUT2D eigenvalue weighted by molar-refractivity contribution is 7.99. The number of hydrogen-bond donors (Lipinski definition) is 1. The first-order chi connectivity index (χ1) is 13.6. The zero-order valence-electron chi connectivity index (χ0n) is 16.2. The van der Waals surface area contributed by atoms with E-state index < -0.39 is 0 Å². The Hall–Kier alpha value is -2.71. The molecular weight excluding hydrogens is 374 g/mol. The average molecular weight is 398 g/mol. The van der Waals surface area contributed by atoms with E-state index in [2.05, 4.69) is 20.5 Å². The van der Waals surface area contributed by atoms with Gasteiger partial charge in [0.2, 0.25) is 5.91 Å². The summed E-state index contributed by atoms with van der Waals surface area (Å²) >= 11 is 1.36. The summed E-state index contributed by atoms with van der Waals surface area (Å²) in [5.41, 5.74) is 3.90. The average Bonchev–Trinajstić information content (AvgIpc) is 3.11. The van der Waals surface area contributed by atoms with Crippen LogP contribution in [0, 0.1) is 13.8 Å². The van der Waals surface area contributed by atoms with Crippen molar-refractivity contribution in [1.82, 2.24) is 19.7 Å². The van der Waals surface area contributed by atoms with Crippen LogP contribution in [0.4, 0.5) is 5.69 Å². The molecule has 1 N–H and O–H groups in total. The Morgan fingerprint density at radius 1 is 1.18 bits per heavy atom. The lowest BCUT2D eigenvalue weighted by atomic mass is 10.1. The van der Waals surface area contributed by atoms with E-state index in [-0.39, 0.29) is 11.7 Å². The molecule has 2 aromatic heterocycles. The quantitative estimate of drug-likeness (QED) is 0.587. The van der Waals surface area contributed by atoms with E-state index in [9.17, 15) is 4.79 Å². The first-order valence-corrected chi connectivity index (χ1v) is 9.89. The van der Waals surface area contributed by atoms with Crippen LogP contribution in [0.2, 0.25) is 0 Å². The van der Waals surface area contributed by atoms with Crippen molar-refractivity contribution in [3.8, 4) is 11.4 Å². The summed E-state index contributed by atoms with van der Waals surface area (Å²) in [6, 6.07) is 9.77. The smallest absolute Gasteiger partial charge is 0.234 e. The van der Waals surface area contributed by atoms with Crippen molar-refractivity contribution in [3.05, 3.63) is 53.9 Å². The molecule has 0 spiro atoms. The molecule has 0 saturated heterocycles. The molecule has 0 saturated carbocycles. The predicted octanol–water partition coefficient (Wildman–Crippen LogP) is 3.33. The Balaban J connectivity index is 1.72. The number of nitrogens with zero attached hydrogens (tertiary/aromatic N) is 4. The number of thioether (sulfide) groups is 1. The number of methoxy groups -OCH3 is 1. The summed E-state index contributed by atoms with van der Waals surface area (Å²) in [7, 11) is 1.65. The summed E-state index contributed by atoms with van der Waals surface area (Å²) in [5, 5.41) is 12.2. The predicted molar refractivity (Wildman–Crippen MR) is 110 cm³/mol. The number of benzene rings is 1. The maximum atomic E-state index is 12.4. The molecule has 0 aliphatic rings. The highest BCUT2D eigenvalue weighted by Gasteiger charge is 2.16. The number of carbonyl (C=O) groups is 1. The summed E-state index contributed by atoms with van der Waals surface area (Å²) in [4.78, 5) is 16.5. The number of aryl methyl sites for hydroxylation is 2. The second-order valence-electron chi connectivity index (χ2n) is 6.34. The van der Waals surface area contributed by atoms with Crippen LogP contribution in [0.25, 0.3) is 11.4 Å². The molecule has 0 bridgehead atoms. The third kappa shape index (κ3) is 4.96. The van der Waals surface area contributed by atoms with Gasteiger partial charge in [0.25, 0.3) is 0 Å². The van der Waals surface area contributed by atoms with Crippen LogP contribution in [-0.2, 0) is 16.1 Å². The third-order valence-corrected chi connectivity index (χ3v) is 5.14. The van der Waals surface area contributed by atoms with Crippen LogP contribution in [-0.4, -0.2) is 45.1 Å². The van der Waals surface area contributed by atoms with Gasteiger partial charge in [-0.2, -0.15) is 0 Å². The zero-order chi connectivity index (χ0) is 19.9. The van der Waals surface area contributed by atoms with Crippen LogP contribution in [0.1, 0.15) is 11.1 Å². The fourth-order valence-corrected chi connectivity index (χ4v) is 3.45. The molecule has 7 nitrogen and oxygen atoms in total. The van der Waals surface area contributed by atoms with Gasteiger partial charge in [0.15, 0.2) is 11.0 Å². The SMILES string of the molecule is COCCn1c(SCC(=O)Nc2cc(C)ccc2C)nnc1-c1ccncc1. The molecule has 28 heavy (non-hydrogen) atoms. The van der Waals surface area contributed by atoms with E-state index in [0.717, 1.165) is 28.2 Å². The normalized spacial score (nSPS) is 10.8. The lowest BCUT2D eigenvalue weighted by Crippen LogP contribution is -2.16. The molecule has 0 aliphatic heterocycles. The molecule has 3 aromatic rings. The number of hydrogen-bond acceptors (Lipinski definition) is 6. The van der Waals surface area contributed by atoms with Crippen molar-refractivity contribution in [2.45, 2.75) is 25.5 Å². The van der Waals surface area contributed by atoms with Gasteiger partial charge in [-0.15, -0.1) is 10.2 Å². The van der Waals surface area contributed by atoms with Crippen LogP contribution in [0.5, 0.6) is 0 Å². The fourth-order valence-electron chi connectivity index (χ4n) is 2.68. The summed E-state index contributed by atoms with van der Waals surface area (Å²) in [5.74, 6) is 0.900. The van der Waals surface area contributed by atoms with Crippen LogP contribution in [0.3, 0.4) is 0 Å². The second-order valence-corrected chi connectivity index (χ2v) is 7.28. The van der Waals surface area contributed by atoms with Crippen molar-refractivity contribution in [1.29, 1.82) is 0 Å². The largest absolute Gasteiger partial charge is 0.383 e. The van der Waals surface area contributed by atoms with Crippen molar-refractivity contribution in [2.75, 3.05) is 24.8 Å². The van der Waals surface area contributed by atoms with Gasteiger partial charge in [0, 0.05) is 30.8 Å². The van der Waals surface area contributed by atoms with E-state index in [1.807, 2.05) is 48.7 Å². The maximum absolute atomic E-state index is 12.4. The van der Waals surface area contributed by atoms with Gasteiger partial charge >= 0.3 is 0 Å². The van der Waals surface area contributed by atoms with Gasteiger partial charge in [-0.05, 0) is 43.2 Å². The summed E-state index contributed by atoms with van der Waals surface area (Å²) in [6.07, 6.45) is 3.43. The van der Waals surface area contributed by atoms with E-state index in [1.165, 1.54) is 11.8 Å². The van der Waals surface area contributed by atoms with Gasteiger partial charge in [0.1, 0.15) is 0 Å². The molecule has 2 heterocycles. The molecule has 146 valence electrons. The minimum atomic E-state index is -0.0783. The fraction of sp³-hybridized carbons (Fsp3) is 0.300. The van der Waals surface area contributed by atoms with E-state index in [0.29, 0.717) is 18.3 Å². The van der Waals surface area contributed by atoms with E-state index >= 15 is 0 Å². The highest BCUT2D eigenvalue weighted by atomic mass is 32.2. The number of amides is 1. The van der Waals surface area contributed by atoms with Crippen molar-refractivity contribution >= 4 is 23.4 Å². The highest BCUT2D eigenvalue weighted by Crippen LogP contribution is 2.24. The van der Waals surface area contributed by atoms with Crippen molar-refractivity contribution < 1.29 is 9.53 Å². The van der Waals surface area contributed by atoms with E-state index in [4.69, 9.17) is 4.74 Å². The monoisotopic (exact) mass is 397 g/mol. The number of anilines is 1. The Bertz CT molecular complexity index is 943. The Morgan fingerprint density at radius 3 is 2.71 bits per heavy atom. The number of rotatable bonds is 8. The number of nitrogens with one attached hydrogen (secondary N) is 1. The van der Waals surface area contributed by atoms with Gasteiger partial charge in [-0.25, -0.2) is 0 Å². The lowest BCUT2D eigenvalue weighted by molar-refractivity contribution is -0.113. The third-order valence-electron chi connectivity index (χ3n) is 4.17. The van der Waals surface area contributed by atoms with Crippen LogP contribution >= 0.6 is 11.8 Å². The Labute approximate surface area is 168 Å². The Morgan fingerprint density at radius 2 is 1.96 bits per heavy atom. The standard InChI is InChI=1S/C20H23N5O2S/c1-14-4-5-15(2)17(12-14)22-18(26)13-28-20-24-23-19(25(20)10-11-27-3)16-6-8-21-9-7-16/h4-9,12H,10-11,13H2,1-3H3,(H,22,26). The molecule has 3 rings (SSSR count). The van der Waals surface area contributed by atoms with Crippen LogP contribution < -0.4 is 5.32 Å². The second kappa shape index (κ2) is 9.48. The van der Waals surface area contributed by atoms with Crippen LogP contribution in [0.15, 0.2) is 47.9 Å². The molecule has 0 radical (unpaired) electrons. The molecule has 0 aliphatic carbocycles. The number of pyridine rings is 1. The maximum Gasteiger partial charge on any atom is 0.234 e. The summed E-state index contributed by atoms with van der Waals surface area (Å²) in [6.45, 7) is 5.10. The first-order valence-electron chi connectivity index (χ1n) is 8.91. The van der Waals surface area contributed by atoms with Gasteiger partial charge in [-0.3, -0.25) is 14.3 Å². The zero-order valence-corrected chi connectivity index (χ0v) is 17.0. The minimum absolute atomic E-state index is 0.0783. The summed E-state index contributed by atoms with van der Waals surface area (Å²) < 4.78 is 7.18. The number of ether oxygens (including phenoxy) is 1. The number of aromatic nitrogens is 4. The van der Waals surface area contributed by atoms with E-state index in [1.54, 1.807) is 19.5 Å². The lowest BCUT2D eigenvalue weighted by Gasteiger charge is -2.11. The molecule has 0 fully saturated rings.